The minimum absolute atomic E-state index is 0.000250. The molecule has 72 valence electrons. The number of rotatable bonds is 3. The Hall–Kier alpha value is -0.540. The molecule has 0 aromatic carbocycles. The molecule has 0 amide bonds. The molecule has 5 heteroatoms. The van der Waals surface area contributed by atoms with Crippen molar-refractivity contribution in [2.45, 2.75) is 26.3 Å². The summed E-state index contributed by atoms with van der Waals surface area (Å²) in [4.78, 5) is 15.2. The maximum absolute atomic E-state index is 11.4. The van der Waals surface area contributed by atoms with Crippen LogP contribution in [0.25, 0.3) is 0 Å². The zero-order valence-electron chi connectivity index (χ0n) is 7.26. The van der Waals surface area contributed by atoms with E-state index < -0.39 is 0 Å². The summed E-state index contributed by atoms with van der Waals surface area (Å²) in [6.45, 7) is 2.69. The third kappa shape index (κ3) is 2.45. The maximum atomic E-state index is 11.4. The van der Waals surface area contributed by atoms with Crippen LogP contribution < -0.4 is 5.56 Å². The van der Waals surface area contributed by atoms with E-state index in [2.05, 4.69) is 11.9 Å². The van der Waals surface area contributed by atoms with Gasteiger partial charge in [-0.1, -0.05) is 36.5 Å². The average molecular weight is 221 g/mol. The van der Waals surface area contributed by atoms with Crippen LogP contribution in [0.4, 0.5) is 0 Å². The van der Waals surface area contributed by atoms with Gasteiger partial charge in [-0.05, 0) is 6.42 Å². The van der Waals surface area contributed by atoms with Crippen molar-refractivity contribution in [1.29, 1.82) is 0 Å². The summed E-state index contributed by atoms with van der Waals surface area (Å²) in [5.41, 5.74) is -0.268. The molecule has 1 aromatic rings. The van der Waals surface area contributed by atoms with E-state index in [9.17, 15) is 4.79 Å². The molecule has 1 heterocycles. The summed E-state index contributed by atoms with van der Waals surface area (Å²) < 4.78 is 1.47. The Morgan fingerprint density at radius 2 is 2.23 bits per heavy atom. The highest BCUT2D eigenvalue weighted by Crippen LogP contribution is 2.12. The Labute approximate surface area is 86.3 Å². The zero-order valence-corrected chi connectivity index (χ0v) is 8.77. The van der Waals surface area contributed by atoms with Crippen molar-refractivity contribution in [2.75, 3.05) is 0 Å². The molecule has 0 saturated carbocycles. The number of aryl methyl sites for hydroxylation is 1. The second-order valence-electron chi connectivity index (χ2n) is 2.70. The van der Waals surface area contributed by atoms with E-state index in [0.29, 0.717) is 6.54 Å². The van der Waals surface area contributed by atoms with Crippen molar-refractivity contribution in [3.63, 3.8) is 0 Å². The zero-order chi connectivity index (χ0) is 9.84. The summed E-state index contributed by atoms with van der Waals surface area (Å²) in [7, 11) is 0. The molecule has 0 bridgehead atoms. The molecule has 0 fully saturated rings. The monoisotopic (exact) mass is 220 g/mol. The van der Waals surface area contributed by atoms with Gasteiger partial charge in [0.15, 0.2) is 5.15 Å². The predicted molar refractivity (Wildman–Crippen MR) is 53.4 cm³/mol. The highest BCUT2D eigenvalue weighted by Gasteiger charge is 2.06. The summed E-state index contributed by atoms with van der Waals surface area (Å²) in [5, 5.41) is 0.0692. The Morgan fingerprint density at radius 3 is 2.85 bits per heavy atom. The van der Waals surface area contributed by atoms with Crippen molar-refractivity contribution in [2.24, 2.45) is 0 Å². The Morgan fingerprint density at radius 1 is 1.54 bits per heavy atom. The van der Waals surface area contributed by atoms with Gasteiger partial charge in [-0.25, -0.2) is 4.98 Å². The van der Waals surface area contributed by atoms with Crippen LogP contribution in [-0.2, 0) is 6.54 Å². The number of nitrogens with zero attached hydrogens (tertiary/aromatic N) is 2. The molecule has 0 spiro atoms. The molecule has 0 atom stereocenters. The van der Waals surface area contributed by atoms with Gasteiger partial charge < -0.3 is 0 Å². The number of unbranched alkanes of at least 4 members (excludes halogenated alkanes) is 1. The summed E-state index contributed by atoms with van der Waals surface area (Å²) in [6, 6.07) is 0. The fourth-order valence-electron chi connectivity index (χ4n) is 0.932. The Bertz CT molecular complexity index is 348. The highest BCUT2D eigenvalue weighted by molar-refractivity contribution is 6.40. The molecule has 0 aliphatic rings. The van der Waals surface area contributed by atoms with Gasteiger partial charge in [-0.3, -0.25) is 9.36 Å². The Balaban J connectivity index is 2.97. The van der Waals surface area contributed by atoms with Crippen molar-refractivity contribution in [3.05, 3.63) is 26.9 Å². The van der Waals surface area contributed by atoms with E-state index in [4.69, 9.17) is 23.2 Å². The van der Waals surface area contributed by atoms with E-state index in [1.807, 2.05) is 0 Å². The molecule has 0 aliphatic carbocycles. The standard InChI is InChI=1S/C8H10Cl2N2O/c1-2-3-4-12-5-11-7(10)6(9)8(12)13/h5H,2-4H2,1H3. The lowest BCUT2D eigenvalue weighted by atomic mass is 10.3. The van der Waals surface area contributed by atoms with Crippen molar-refractivity contribution in [1.82, 2.24) is 9.55 Å². The first-order valence-electron chi connectivity index (χ1n) is 4.07. The fraction of sp³-hybridized carbons (Fsp3) is 0.500. The van der Waals surface area contributed by atoms with Gasteiger partial charge in [0.25, 0.3) is 5.56 Å². The normalized spacial score (nSPS) is 10.4. The lowest BCUT2D eigenvalue weighted by Crippen LogP contribution is -2.21. The molecule has 0 aliphatic heterocycles. The highest BCUT2D eigenvalue weighted by atomic mass is 35.5. The molecule has 1 rings (SSSR count). The maximum Gasteiger partial charge on any atom is 0.273 e. The SMILES string of the molecule is CCCCn1cnc(Cl)c(Cl)c1=O. The third-order valence-electron chi connectivity index (χ3n) is 1.69. The van der Waals surface area contributed by atoms with Gasteiger partial charge >= 0.3 is 0 Å². The first kappa shape index (κ1) is 10.5. The van der Waals surface area contributed by atoms with Crippen LogP contribution in [0.2, 0.25) is 10.2 Å². The quantitative estimate of drug-likeness (QED) is 0.734. The van der Waals surface area contributed by atoms with Gasteiger partial charge in [0.05, 0.1) is 6.33 Å². The number of aromatic nitrogens is 2. The number of halogens is 2. The molecule has 1 aromatic heterocycles. The van der Waals surface area contributed by atoms with Gasteiger partial charge in [0.2, 0.25) is 0 Å². The van der Waals surface area contributed by atoms with Gasteiger partial charge in [-0.2, -0.15) is 0 Å². The van der Waals surface area contributed by atoms with Crippen LogP contribution in [0.5, 0.6) is 0 Å². The smallest absolute Gasteiger partial charge is 0.273 e. The molecule has 0 N–H and O–H groups in total. The summed E-state index contributed by atoms with van der Waals surface area (Å²) in [5.74, 6) is 0. The number of hydrogen-bond donors (Lipinski definition) is 0. The molecular weight excluding hydrogens is 211 g/mol. The van der Waals surface area contributed by atoms with Crippen molar-refractivity contribution in [3.8, 4) is 0 Å². The summed E-state index contributed by atoms with van der Waals surface area (Å²) >= 11 is 11.2. The molecule has 13 heavy (non-hydrogen) atoms. The van der Waals surface area contributed by atoms with Crippen LogP contribution >= 0.6 is 23.2 Å². The lowest BCUT2D eigenvalue weighted by molar-refractivity contribution is 0.603. The average Bonchev–Trinajstić information content (AvgIpc) is 2.13. The topological polar surface area (TPSA) is 34.9 Å². The molecule has 3 nitrogen and oxygen atoms in total. The van der Waals surface area contributed by atoms with Gasteiger partial charge in [-0.15, -0.1) is 0 Å². The second-order valence-corrected chi connectivity index (χ2v) is 3.44. The van der Waals surface area contributed by atoms with Crippen molar-refractivity contribution < 1.29 is 0 Å². The van der Waals surface area contributed by atoms with Crippen LogP contribution in [-0.4, -0.2) is 9.55 Å². The van der Waals surface area contributed by atoms with E-state index in [0.717, 1.165) is 12.8 Å². The molecule has 0 radical (unpaired) electrons. The summed E-state index contributed by atoms with van der Waals surface area (Å²) in [6.07, 6.45) is 3.37. The fourth-order valence-corrected chi connectivity index (χ4v) is 1.21. The second kappa shape index (κ2) is 4.63. The van der Waals surface area contributed by atoms with E-state index in [-0.39, 0.29) is 15.7 Å². The van der Waals surface area contributed by atoms with Gasteiger partial charge in [0, 0.05) is 6.54 Å². The Kier molecular flexibility index (Phi) is 3.75. The molecule has 0 unspecified atom stereocenters. The third-order valence-corrected chi connectivity index (χ3v) is 2.42. The minimum atomic E-state index is -0.268. The van der Waals surface area contributed by atoms with E-state index >= 15 is 0 Å². The van der Waals surface area contributed by atoms with Crippen LogP contribution in [0, 0.1) is 0 Å². The van der Waals surface area contributed by atoms with Crippen LogP contribution in [0.1, 0.15) is 19.8 Å². The van der Waals surface area contributed by atoms with E-state index in [1.54, 1.807) is 0 Å². The first-order chi connectivity index (χ1) is 6.16. The van der Waals surface area contributed by atoms with Crippen LogP contribution in [0.15, 0.2) is 11.1 Å². The minimum Gasteiger partial charge on any atom is -0.298 e. The molecule has 0 saturated heterocycles. The largest absolute Gasteiger partial charge is 0.298 e. The van der Waals surface area contributed by atoms with E-state index in [1.165, 1.54) is 10.9 Å². The molecular formula is C8H10Cl2N2O. The first-order valence-corrected chi connectivity index (χ1v) is 4.82. The van der Waals surface area contributed by atoms with Crippen LogP contribution in [0.3, 0.4) is 0 Å². The lowest BCUT2D eigenvalue weighted by Gasteiger charge is -2.03. The van der Waals surface area contributed by atoms with Crippen molar-refractivity contribution >= 4 is 23.2 Å². The number of hydrogen-bond acceptors (Lipinski definition) is 2. The predicted octanol–water partition coefficient (Wildman–Crippen LogP) is 2.35. The van der Waals surface area contributed by atoms with Gasteiger partial charge in [0.1, 0.15) is 5.02 Å².